The van der Waals surface area contributed by atoms with Gasteiger partial charge in [-0.15, -0.1) is 0 Å². The zero-order chi connectivity index (χ0) is 22.0. The standard InChI is InChI=1S/C20H20FN9O/c1-13-6-24-19(26-16-9-25-29(2)10-16)27-17(13)30-11-20(12-30,3-4-22)28-18(31)14-5-15(21)8-23-7-14/h5-10H,3,11-12H2,1-2H3,(H,28,31)(H,24,26,27). The number of nitrogens with one attached hydrogen (secondary N) is 2. The smallest absolute Gasteiger partial charge is 0.253 e. The maximum Gasteiger partial charge on any atom is 0.253 e. The van der Waals surface area contributed by atoms with Gasteiger partial charge in [0.2, 0.25) is 5.95 Å². The van der Waals surface area contributed by atoms with Gasteiger partial charge in [0.25, 0.3) is 5.91 Å². The van der Waals surface area contributed by atoms with Crippen molar-refractivity contribution in [3.05, 3.63) is 54.0 Å². The Kier molecular flexibility index (Phi) is 5.21. The SMILES string of the molecule is Cc1cnc(Nc2cnn(C)c2)nc1N1CC(CC#N)(NC(=O)c2cncc(F)c2)C1. The number of amides is 1. The number of nitriles is 1. The molecule has 0 bridgehead atoms. The number of anilines is 3. The molecule has 1 saturated heterocycles. The van der Waals surface area contributed by atoms with E-state index < -0.39 is 17.3 Å². The first-order chi connectivity index (χ1) is 14.9. The molecule has 0 unspecified atom stereocenters. The second kappa shape index (κ2) is 7.98. The average Bonchev–Trinajstić information content (AvgIpc) is 3.12. The number of carbonyl (C=O) groups excluding carboxylic acids is 1. The van der Waals surface area contributed by atoms with Crippen LogP contribution in [0.15, 0.2) is 37.1 Å². The number of pyridine rings is 1. The van der Waals surface area contributed by atoms with Gasteiger partial charge in [0.1, 0.15) is 11.6 Å². The quantitative estimate of drug-likeness (QED) is 0.616. The van der Waals surface area contributed by atoms with Crippen molar-refractivity contribution in [2.24, 2.45) is 7.05 Å². The van der Waals surface area contributed by atoms with Gasteiger partial charge in [0.05, 0.1) is 41.7 Å². The summed E-state index contributed by atoms with van der Waals surface area (Å²) < 4.78 is 15.1. The van der Waals surface area contributed by atoms with E-state index in [1.54, 1.807) is 23.3 Å². The highest BCUT2D eigenvalue weighted by Crippen LogP contribution is 2.32. The van der Waals surface area contributed by atoms with Crippen molar-refractivity contribution in [1.82, 2.24) is 30.0 Å². The van der Waals surface area contributed by atoms with Crippen molar-refractivity contribution in [3.8, 4) is 6.07 Å². The first-order valence-corrected chi connectivity index (χ1v) is 9.52. The fourth-order valence-corrected chi connectivity index (χ4v) is 3.50. The molecule has 0 radical (unpaired) electrons. The van der Waals surface area contributed by atoms with E-state index in [0.29, 0.717) is 24.9 Å². The molecule has 2 N–H and O–H groups in total. The Morgan fingerprint density at radius 2 is 2.13 bits per heavy atom. The van der Waals surface area contributed by atoms with Crippen LogP contribution in [0.4, 0.5) is 21.8 Å². The van der Waals surface area contributed by atoms with E-state index in [9.17, 15) is 14.4 Å². The summed E-state index contributed by atoms with van der Waals surface area (Å²) in [5.41, 5.74) is 0.975. The van der Waals surface area contributed by atoms with Crippen LogP contribution in [0.1, 0.15) is 22.3 Å². The van der Waals surface area contributed by atoms with Gasteiger partial charge in [0.15, 0.2) is 0 Å². The lowest BCUT2D eigenvalue weighted by Gasteiger charge is -2.50. The van der Waals surface area contributed by atoms with Gasteiger partial charge in [-0.25, -0.2) is 9.37 Å². The number of rotatable bonds is 6. The summed E-state index contributed by atoms with van der Waals surface area (Å²) >= 11 is 0. The number of halogens is 1. The van der Waals surface area contributed by atoms with Gasteiger partial charge >= 0.3 is 0 Å². The molecular weight excluding hydrogens is 401 g/mol. The van der Waals surface area contributed by atoms with Crippen LogP contribution in [0.5, 0.6) is 0 Å². The summed E-state index contributed by atoms with van der Waals surface area (Å²) in [6.07, 6.45) is 7.62. The van der Waals surface area contributed by atoms with Gasteiger partial charge < -0.3 is 15.5 Å². The van der Waals surface area contributed by atoms with Crippen LogP contribution in [-0.4, -0.2) is 49.3 Å². The Hall–Kier alpha value is -4.07. The minimum absolute atomic E-state index is 0.108. The zero-order valence-corrected chi connectivity index (χ0v) is 17.0. The number of hydrogen-bond acceptors (Lipinski definition) is 8. The molecular formula is C20H20FN9O. The van der Waals surface area contributed by atoms with Gasteiger partial charge in [-0.05, 0) is 13.0 Å². The summed E-state index contributed by atoms with van der Waals surface area (Å²) in [5.74, 6) is 0.0561. The van der Waals surface area contributed by atoms with Crippen LogP contribution in [-0.2, 0) is 7.05 Å². The number of aryl methyl sites for hydroxylation is 2. The summed E-state index contributed by atoms with van der Waals surface area (Å²) in [7, 11) is 1.82. The first-order valence-electron chi connectivity index (χ1n) is 9.52. The van der Waals surface area contributed by atoms with E-state index in [2.05, 4.69) is 36.8 Å². The van der Waals surface area contributed by atoms with Crippen LogP contribution in [0, 0.1) is 24.1 Å². The highest BCUT2D eigenvalue weighted by atomic mass is 19.1. The minimum Gasteiger partial charge on any atom is -0.351 e. The maximum atomic E-state index is 13.4. The van der Waals surface area contributed by atoms with E-state index >= 15 is 0 Å². The van der Waals surface area contributed by atoms with Gasteiger partial charge in [-0.2, -0.15) is 15.3 Å². The van der Waals surface area contributed by atoms with E-state index in [1.165, 1.54) is 6.20 Å². The van der Waals surface area contributed by atoms with E-state index in [1.807, 2.05) is 18.9 Å². The molecule has 0 spiro atoms. The fraction of sp³-hybridized carbons (Fsp3) is 0.300. The fourth-order valence-electron chi connectivity index (χ4n) is 3.50. The number of nitrogens with zero attached hydrogens (tertiary/aromatic N) is 7. The summed E-state index contributed by atoms with van der Waals surface area (Å²) in [5, 5.41) is 19.4. The lowest BCUT2D eigenvalue weighted by atomic mass is 9.86. The predicted octanol–water partition coefficient (Wildman–Crippen LogP) is 1.70. The molecule has 0 aliphatic carbocycles. The Bertz CT molecular complexity index is 1160. The Balaban J connectivity index is 1.49. The molecule has 4 rings (SSSR count). The third-order valence-electron chi connectivity index (χ3n) is 4.96. The van der Waals surface area contributed by atoms with Crippen molar-refractivity contribution >= 4 is 23.4 Å². The molecule has 11 heteroatoms. The highest BCUT2D eigenvalue weighted by Gasteiger charge is 2.45. The van der Waals surface area contributed by atoms with Crippen LogP contribution in [0.25, 0.3) is 0 Å². The predicted molar refractivity (Wildman–Crippen MR) is 110 cm³/mol. The topological polar surface area (TPSA) is 125 Å². The van der Waals surface area contributed by atoms with Crippen LogP contribution in [0.3, 0.4) is 0 Å². The summed E-state index contributed by atoms with van der Waals surface area (Å²) in [6.45, 7) is 2.67. The largest absolute Gasteiger partial charge is 0.351 e. The lowest BCUT2D eigenvalue weighted by molar-refractivity contribution is 0.0878. The van der Waals surface area contributed by atoms with Crippen molar-refractivity contribution in [1.29, 1.82) is 5.26 Å². The van der Waals surface area contributed by atoms with Crippen molar-refractivity contribution in [2.75, 3.05) is 23.3 Å². The van der Waals surface area contributed by atoms with Crippen molar-refractivity contribution < 1.29 is 9.18 Å². The summed E-state index contributed by atoms with van der Waals surface area (Å²) in [4.78, 5) is 27.1. The van der Waals surface area contributed by atoms with Crippen molar-refractivity contribution in [3.63, 3.8) is 0 Å². The molecule has 31 heavy (non-hydrogen) atoms. The second-order valence-corrected chi connectivity index (χ2v) is 7.55. The monoisotopic (exact) mass is 421 g/mol. The molecule has 3 aromatic rings. The Morgan fingerprint density at radius 3 is 2.81 bits per heavy atom. The summed E-state index contributed by atoms with van der Waals surface area (Å²) in [6, 6.07) is 3.24. The third-order valence-corrected chi connectivity index (χ3v) is 4.96. The normalized spacial score (nSPS) is 14.5. The molecule has 0 aromatic carbocycles. The van der Waals surface area contributed by atoms with E-state index in [0.717, 1.165) is 23.5 Å². The minimum atomic E-state index is -0.757. The average molecular weight is 421 g/mol. The van der Waals surface area contributed by atoms with Gasteiger partial charge in [-0.1, -0.05) is 0 Å². The molecule has 1 amide bonds. The lowest BCUT2D eigenvalue weighted by Crippen LogP contribution is -2.70. The maximum absolute atomic E-state index is 13.4. The zero-order valence-electron chi connectivity index (χ0n) is 17.0. The van der Waals surface area contributed by atoms with Gasteiger partial charge in [-0.3, -0.25) is 14.5 Å². The van der Waals surface area contributed by atoms with Crippen molar-refractivity contribution in [2.45, 2.75) is 18.9 Å². The highest BCUT2D eigenvalue weighted by molar-refractivity contribution is 5.94. The first kappa shape index (κ1) is 20.2. The Morgan fingerprint density at radius 1 is 1.32 bits per heavy atom. The second-order valence-electron chi connectivity index (χ2n) is 7.55. The molecule has 1 aliphatic heterocycles. The molecule has 1 fully saturated rings. The van der Waals surface area contributed by atoms with Crippen LogP contribution in [0.2, 0.25) is 0 Å². The molecule has 1 aliphatic rings. The van der Waals surface area contributed by atoms with E-state index in [4.69, 9.17) is 0 Å². The molecule has 0 atom stereocenters. The van der Waals surface area contributed by atoms with E-state index in [-0.39, 0.29) is 12.0 Å². The molecule has 0 saturated carbocycles. The third kappa shape index (κ3) is 4.28. The molecule has 10 nitrogen and oxygen atoms in total. The number of aromatic nitrogens is 5. The molecule has 3 aromatic heterocycles. The van der Waals surface area contributed by atoms with Crippen LogP contribution < -0.4 is 15.5 Å². The van der Waals surface area contributed by atoms with Crippen LogP contribution >= 0.6 is 0 Å². The number of carbonyl (C=O) groups is 1. The molecule has 4 heterocycles. The van der Waals surface area contributed by atoms with Gasteiger partial charge in [0, 0.05) is 44.3 Å². The number of hydrogen-bond donors (Lipinski definition) is 2. The molecule has 158 valence electrons. The Labute approximate surface area is 177 Å².